The lowest BCUT2D eigenvalue weighted by molar-refractivity contribution is -0.445. The summed E-state index contributed by atoms with van der Waals surface area (Å²) < 4.78 is 9.47. The van der Waals surface area contributed by atoms with Gasteiger partial charge in [-0.25, -0.2) is 0 Å². The first-order chi connectivity index (χ1) is 18.2. The summed E-state index contributed by atoms with van der Waals surface area (Å²) in [6.45, 7) is 17.8. The van der Waals surface area contributed by atoms with E-state index in [4.69, 9.17) is 9.84 Å². The third kappa shape index (κ3) is 3.99. The van der Waals surface area contributed by atoms with Gasteiger partial charge in [-0.1, -0.05) is 70.5 Å². The van der Waals surface area contributed by atoms with Crippen molar-refractivity contribution in [2.24, 2.45) is 0 Å². The van der Waals surface area contributed by atoms with Crippen LogP contribution in [-0.2, 0) is 15.6 Å². The summed E-state index contributed by atoms with van der Waals surface area (Å²) in [6.07, 6.45) is 6.34. The molecule has 0 spiro atoms. The molecule has 0 bridgehead atoms. The first-order valence-corrected chi connectivity index (χ1v) is 14.6. The predicted octanol–water partition coefficient (Wildman–Crippen LogP) is 7.03. The summed E-state index contributed by atoms with van der Waals surface area (Å²) in [6, 6.07) is 17.9. The fourth-order valence-corrected chi connectivity index (χ4v) is 7.22. The number of para-hydroxylation sites is 2. The van der Waals surface area contributed by atoms with E-state index in [2.05, 4.69) is 106 Å². The summed E-state index contributed by atoms with van der Waals surface area (Å²) in [5, 5.41) is 7.57. The molecule has 0 saturated heterocycles. The zero-order chi connectivity index (χ0) is 27.2. The van der Waals surface area contributed by atoms with Crippen LogP contribution in [-0.4, -0.2) is 47.3 Å². The van der Waals surface area contributed by atoms with Gasteiger partial charge >= 0.3 is 0 Å². The average Bonchev–Trinajstić information content (AvgIpc) is 3.29. The topological polar surface area (TPSA) is 35.7 Å². The molecule has 2 aromatic carbocycles. The third-order valence-corrected chi connectivity index (χ3v) is 8.57. The van der Waals surface area contributed by atoms with Gasteiger partial charge in [0.25, 0.3) is 0 Å². The minimum atomic E-state index is -0.00890. The molecule has 4 heteroatoms. The van der Waals surface area contributed by atoms with Crippen molar-refractivity contribution in [2.75, 3.05) is 24.6 Å². The highest BCUT2D eigenvalue weighted by Crippen LogP contribution is 2.53. The zero-order valence-electron chi connectivity index (χ0n) is 24.3. The Morgan fingerprint density at radius 3 is 2.24 bits per heavy atom. The van der Waals surface area contributed by atoms with Gasteiger partial charge in [0.1, 0.15) is 0 Å². The first kappa shape index (κ1) is 26.9. The number of ether oxygens (including phenoxy) is 1. The minimum Gasteiger partial charge on any atom is -0.397 e. The van der Waals surface area contributed by atoms with E-state index in [9.17, 15) is 0 Å². The Morgan fingerprint density at radius 1 is 0.895 bits per heavy atom. The van der Waals surface area contributed by atoms with Crippen LogP contribution in [0.15, 0.2) is 71.5 Å². The van der Waals surface area contributed by atoms with Crippen LogP contribution in [0.3, 0.4) is 0 Å². The van der Waals surface area contributed by atoms with Crippen LogP contribution in [0.4, 0.5) is 11.4 Å². The molecule has 0 aliphatic carbocycles. The number of fused-ring (bicyclic) bond motifs is 8. The van der Waals surface area contributed by atoms with Gasteiger partial charge in [-0.15, -0.1) is 0 Å². The molecule has 7 rings (SSSR count). The molecule has 1 N–H and O–H groups in total. The normalized spacial score (nSPS) is 24.8. The van der Waals surface area contributed by atoms with Crippen LogP contribution in [0, 0.1) is 0 Å². The summed E-state index contributed by atoms with van der Waals surface area (Å²) in [5.41, 5.74) is 11.3. The molecule has 4 nitrogen and oxygen atoms in total. The summed E-state index contributed by atoms with van der Waals surface area (Å²) >= 11 is 0. The molecule has 5 aliphatic heterocycles. The zero-order valence-corrected chi connectivity index (χ0v) is 24.3. The van der Waals surface area contributed by atoms with Gasteiger partial charge in [-0.05, 0) is 44.9 Å². The van der Waals surface area contributed by atoms with Crippen molar-refractivity contribution in [3.8, 4) is 0 Å². The molecule has 2 atom stereocenters. The molecular weight excluding hydrogens is 468 g/mol. The summed E-state index contributed by atoms with van der Waals surface area (Å²) in [4.78, 5) is 2.57. The molecule has 2 unspecified atom stereocenters. The largest absolute Gasteiger partial charge is 0.397 e. The standard InChI is InChI=1S/C29H31N2O.C3H8.C2H6O/c1-28(2)20-9-5-7-11-22(20)30-15-13-24-18(26(28)30)17-19-25(32-24)14-16-31-23-12-8-6-10-21(23)29(3,4)27(19)31;1-3-2;1-2-3/h5-12,17,24-25H,13-16H2,1-4H3;3H2,1-2H3;3H,2H2,1H3/q+1;;. The number of hydrogen-bond acceptors (Lipinski definition) is 3. The Morgan fingerprint density at radius 2 is 1.53 bits per heavy atom. The van der Waals surface area contributed by atoms with E-state index in [-0.39, 0.29) is 29.6 Å². The predicted molar refractivity (Wildman–Crippen MR) is 158 cm³/mol. The number of nitrogens with zero attached hydrogens (tertiary/aromatic N) is 2. The van der Waals surface area contributed by atoms with E-state index in [0.717, 1.165) is 25.9 Å². The fraction of sp³-hybridized carbons (Fsp3) is 0.500. The van der Waals surface area contributed by atoms with Gasteiger partial charge < -0.3 is 14.7 Å². The van der Waals surface area contributed by atoms with Crippen LogP contribution in [0.1, 0.15) is 78.9 Å². The first-order valence-electron chi connectivity index (χ1n) is 14.6. The van der Waals surface area contributed by atoms with Crippen LogP contribution < -0.4 is 4.90 Å². The van der Waals surface area contributed by atoms with Crippen molar-refractivity contribution in [1.82, 2.24) is 0 Å². The highest BCUT2D eigenvalue weighted by molar-refractivity contribution is 6.08. The van der Waals surface area contributed by atoms with Crippen LogP contribution >= 0.6 is 0 Å². The lowest BCUT2D eigenvalue weighted by atomic mass is 9.74. The number of anilines is 1. The molecule has 38 heavy (non-hydrogen) atoms. The van der Waals surface area contributed by atoms with E-state index in [1.54, 1.807) is 6.92 Å². The van der Waals surface area contributed by atoms with E-state index in [1.165, 1.54) is 51.5 Å². The maximum Gasteiger partial charge on any atom is 0.209 e. The Kier molecular flexibility index (Phi) is 7.17. The molecule has 5 aliphatic rings. The molecule has 202 valence electrons. The molecule has 0 radical (unpaired) electrons. The number of hydrogen-bond donors (Lipinski definition) is 1. The highest BCUT2D eigenvalue weighted by Gasteiger charge is 2.54. The Hall–Kier alpha value is -2.69. The van der Waals surface area contributed by atoms with Crippen molar-refractivity contribution < 1.29 is 14.4 Å². The second-order valence-corrected chi connectivity index (χ2v) is 12.1. The van der Waals surface area contributed by atoms with Crippen LogP contribution in [0.5, 0.6) is 0 Å². The monoisotopic (exact) mass is 513 g/mol. The van der Waals surface area contributed by atoms with Crippen molar-refractivity contribution >= 4 is 17.1 Å². The molecule has 2 aromatic rings. The maximum atomic E-state index is 7.57. The smallest absolute Gasteiger partial charge is 0.209 e. The highest BCUT2D eigenvalue weighted by atomic mass is 16.5. The van der Waals surface area contributed by atoms with Crippen molar-refractivity contribution in [2.45, 2.75) is 90.8 Å². The number of aliphatic hydroxyl groups excluding tert-OH is 1. The molecule has 0 aromatic heterocycles. The summed E-state index contributed by atoms with van der Waals surface area (Å²) in [5.74, 6) is 0. The lowest BCUT2D eigenvalue weighted by Crippen LogP contribution is -2.47. The fourth-order valence-electron chi connectivity index (χ4n) is 7.22. The molecule has 5 heterocycles. The van der Waals surface area contributed by atoms with Crippen LogP contribution in [0.25, 0.3) is 0 Å². The van der Waals surface area contributed by atoms with Crippen molar-refractivity contribution in [1.29, 1.82) is 0 Å². The molecular formula is C34H45N2O2+. The van der Waals surface area contributed by atoms with Gasteiger partial charge in [0.2, 0.25) is 5.69 Å². The number of allylic oxidation sites excluding steroid dienone is 1. The summed E-state index contributed by atoms with van der Waals surface area (Å²) in [7, 11) is 0. The van der Waals surface area contributed by atoms with Gasteiger partial charge in [0.05, 0.1) is 17.6 Å². The third-order valence-electron chi connectivity index (χ3n) is 8.57. The minimum absolute atomic E-state index is 0.00890. The second-order valence-electron chi connectivity index (χ2n) is 12.1. The Balaban J connectivity index is 0.000000451. The molecule has 0 saturated carbocycles. The van der Waals surface area contributed by atoms with E-state index in [0.29, 0.717) is 0 Å². The Labute approximate surface area is 229 Å². The van der Waals surface area contributed by atoms with Gasteiger partial charge in [-0.2, -0.15) is 4.58 Å². The van der Waals surface area contributed by atoms with E-state index < -0.39 is 0 Å². The molecule has 0 fully saturated rings. The van der Waals surface area contributed by atoms with Gasteiger partial charge in [-0.3, -0.25) is 0 Å². The SMILES string of the molecule is CC1(C)C2=C3C=C4C5=[N+](CCC4OC3CCN2c2ccccc21)c1ccccc1C5(C)C.CCC.CCO. The van der Waals surface area contributed by atoms with Gasteiger partial charge in [0, 0.05) is 59.1 Å². The Bertz CT molecular complexity index is 1310. The van der Waals surface area contributed by atoms with Crippen molar-refractivity contribution in [3.05, 3.63) is 82.6 Å². The average molecular weight is 514 g/mol. The van der Waals surface area contributed by atoms with E-state index in [1.807, 2.05) is 0 Å². The van der Waals surface area contributed by atoms with Crippen molar-refractivity contribution in [3.63, 3.8) is 0 Å². The number of aliphatic hydroxyl groups is 1. The number of benzene rings is 2. The van der Waals surface area contributed by atoms with Gasteiger partial charge in [0.15, 0.2) is 12.3 Å². The molecule has 0 amide bonds. The maximum absolute atomic E-state index is 7.57. The number of rotatable bonds is 0. The quantitative estimate of drug-likeness (QED) is 0.384. The van der Waals surface area contributed by atoms with Crippen LogP contribution in [0.2, 0.25) is 0 Å². The van der Waals surface area contributed by atoms with E-state index >= 15 is 0 Å². The second kappa shape index (κ2) is 10.1. The lowest BCUT2D eigenvalue weighted by Gasteiger charge is -2.42.